The zero-order valence-electron chi connectivity index (χ0n) is 14.3. The second kappa shape index (κ2) is 7.82. The first-order chi connectivity index (χ1) is 11.3. The zero-order chi connectivity index (χ0) is 16.1. The summed E-state index contributed by atoms with van der Waals surface area (Å²) in [4.78, 5) is 18.0. The van der Waals surface area contributed by atoms with Crippen molar-refractivity contribution in [2.24, 2.45) is 0 Å². The number of benzene rings is 1. The van der Waals surface area contributed by atoms with Crippen LogP contribution in [0.25, 0.3) is 0 Å². The molecule has 0 spiro atoms. The van der Waals surface area contributed by atoms with Gasteiger partial charge in [-0.15, -0.1) is 0 Å². The van der Waals surface area contributed by atoms with E-state index in [1.807, 2.05) is 6.92 Å². The molecule has 0 N–H and O–H groups in total. The summed E-state index contributed by atoms with van der Waals surface area (Å²) in [7, 11) is 0. The molecule has 2 saturated heterocycles. The largest absolute Gasteiger partial charge is 0.371 e. The maximum Gasteiger partial charge on any atom is 0.214 e. The number of amides is 1. The lowest BCUT2D eigenvalue weighted by atomic mass is 9.99. The quantitative estimate of drug-likeness (QED) is 0.781. The van der Waals surface area contributed by atoms with E-state index in [1.165, 1.54) is 50.9 Å². The van der Waals surface area contributed by atoms with Gasteiger partial charge in [-0.3, -0.25) is 4.79 Å². The summed E-state index contributed by atoms with van der Waals surface area (Å²) in [6.07, 6.45) is 7.63. The van der Waals surface area contributed by atoms with Crippen molar-refractivity contribution in [2.45, 2.75) is 45.1 Å². The first-order valence-corrected chi connectivity index (χ1v) is 9.13. The number of carbonyl (C=O) groups excluding carboxylic acids is 1. The predicted octanol–water partition coefficient (Wildman–Crippen LogP) is 3.12. The number of hydrogen-bond acceptors (Lipinski definition) is 3. The van der Waals surface area contributed by atoms with Gasteiger partial charge in [0.25, 0.3) is 0 Å². The molecule has 0 saturated carbocycles. The van der Waals surface area contributed by atoms with Gasteiger partial charge in [0.2, 0.25) is 6.41 Å². The van der Waals surface area contributed by atoms with Crippen molar-refractivity contribution in [1.29, 1.82) is 0 Å². The van der Waals surface area contributed by atoms with Crippen LogP contribution in [0.15, 0.2) is 24.3 Å². The number of piperidine rings is 2. The van der Waals surface area contributed by atoms with Gasteiger partial charge in [-0.05, 0) is 70.0 Å². The summed E-state index contributed by atoms with van der Waals surface area (Å²) in [5, 5.41) is 0. The minimum atomic E-state index is 0.712. The van der Waals surface area contributed by atoms with Crippen LogP contribution >= 0.6 is 0 Å². The summed E-state index contributed by atoms with van der Waals surface area (Å²) < 4.78 is 0. The maximum absolute atomic E-state index is 11.0. The molecule has 4 heteroatoms. The first-order valence-electron chi connectivity index (χ1n) is 9.13. The zero-order valence-corrected chi connectivity index (χ0v) is 14.3. The molecule has 2 heterocycles. The van der Waals surface area contributed by atoms with Gasteiger partial charge in [0.1, 0.15) is 0 Å². The number of carbonyl (C=O) groups is 1. The maximum atomic E-state index is 11.0. The van der Waals surface area contributed by atoms with Crippen LogP contribution in [0.1, 0.15) is 39.0 Å². The van der Waals surface area contributed by atoms with E-state index in [-0.39, 0.29) is 0 Å². The molecule has 1 aromatic rings. The van der Waals surface area contributed by atoms with Crippen molar-refractivity contribution in [3.63, 3.8) is 0 Å². The van der Waals surface area contributed by atoms with Crippen molar-refractivity contribution < 1.29 is 4.79 Å². The van der Waals surface area contributed by atoms with Crippen LogP contribution < -0.4 is 9.80 Å². The summed E-state index contributed by atoms with van der Waals surface area (Å²) in [5.74, 6) is 0. The van der Waals surface area contributed by atoms with E-state index in [0.717, 1.165) is 31.2 Å². The molecular weight excluding hydrogens is 286 g/mol. The molecule has 0 radical (unpaired) electrons. The Morgan fingerprint density at radius 2 is 1.70 bits per heavy atom. The normalized spacial score (nSPS) is 20.5. The van der Waals surface area contributed by atoms with E-state index in [1.54, 1.807) is 4.90 Å². The molecular formula is C19H29N3O. The molecule has 0 unspecified atom stereocenters. The van der Waals surface area contributed by atoms with Gasteiger partial charge in [0, 0.05) is 37.1 Å². The number of likely N-dealkylation sites (tertiary alicyclic amines) is 1. The Balaban J connectivity index is 1.56. The second-order valence-corrected chi connectivity index (χ2v) is 6.72. The minimum absolute atomic E-state index is 0.712. The SMILES string of the molecule is CCN(C=O)c1ccc(N2CCC(N3CCCCC3)CC2)cc1. The number of anilines is 2. The van der Waals surface area contributed by atoms with E-state index < -0.39 is 0 Å². The molecule has 2 aliphatic heterocycles. The second-order valence-electron chi connectivity index (χ2n) is 6.72. The van der Waals surface area contributed by atoms with Crippen LogP contribution in [0.2, 0.25) is 0 Å². The molecule has 0 aliphatic carbocycles. The van der Waals surface area contributed by atoms with Crippen molar-refractivity contribution in [3.8, 4) is 0 Å². The Hall–Kier alpha value is -1.55. The molecule has 126 valence electrons. The standard InChI is InChI=1S/C19H29N3O/c1-2-20(16-23)17-6-8-18(9-7-17)22-14-10-19(11-15-22)21-12-4-3-5-13-21/h6-9,16,19H,2-5,10-15H2,1H3. The monoisotopic (exact) mass is 315 g/mol. The Kier molecular flexibility index (Phi) is 5.55. The van der Waals surface area contributed by atoms with Gasteiger partial charge in [-0.25, -0.2) is 0 Å². The molecule has 0 atom stereocenters. The van der Waals surface area contributed by atoms with Crippen LogP contribution in [0.4, 0.5) is 11.4 Å². The van der Waals surface area contributed by atoms with Gasteiger partial charge >= 0.3 is 0 Å². The molecule has 2 aliphatic rings. The Morgan fingerprint density at radius 3 is 2.26 bits per heavy atom. The van der Waals surface area contributed by atoms with Gasteiger partial charge in [0.05, 0.1) is 0 Å². The van der Waals surface area contributed by atoms with Crippen molar-refractivity contribution in [1.82, 2.24) is 4.90 Å². The fourth-order valence-electron chi connectivity index (χ4n) is 3.95. The molecule has 0 bridgehead atoms. The van der Waals surface area contributed by atoms with Gasteiger partial charge in [-0.1, -0.05) is 6.42 Å². The Labute approximate surface area is 140 Å². The van der Waals surface area contributed by atoms with Crippen LogP contribution in [-0.2, 0) is 4.79 Å². The average molecular weight is 315 g/mol. The van der Waals surface area contributed by atoms with E-state index >= 15 is 0 Å². The molecule has 3 rings (SSSR count). The molecule has 1 amide bonds. The van der Waals surface area contributed by atoms with Gasteiger partial charge in [0.15, 0.2) is 0 Å². The Bertz CT molecular complexity index is 488. The van der Waals surface area contributed by atoms with E-state index in [9.17, 15) is 4.79 Å². The number of rotatable bonds is 5. The van der Waals surface area contributed by atoms with Crippen LogP contribution in [0.3, 0.4) is 0 Å². The number of hydrogen-bond donors (Lipinski definition) is 0. The third-order valence-corrected chi connectivity index (χ3v) is 5.39. The minimum Gasteiger partial charge on any atom is -0.371 e. The molecule has 23 heavy (non-hydrogen) atoms. The van der Waals surface area contributed by atoms with Crippen molar-refractivity contribution >= 4 is 17.8 Å². The lowest BCUT2D eigenvalue weighted by Crippen LogP contribution is -2.46. The smallest absolute Gasteiger partial charge is 0.214 e. The fourth-order valence-corrected chi connectivity index (χ4v) is 3.95. The van der Waals surface area contributed by atoms with Crippen LogP contribution in [0, 0.1) is 0 Å². The summed E-state index contributed by atoms with van der Waals surface area (Å²) >= 11 is 0. The lowest BCUT2D eigenvalue weighted by molar-refractivity contribution is -0.107. The van der Waals surface area contributed by atoms with Crippen LogP contribution in [0.5, 0.6) is 0 Å². The topological polar surface area (TPSA) is 26.8 Å². The third-order valence-electron chi connectivity index (χ3n) is 5.39. The lowest BCUT2D eigenvalue weighted by Gasteiger charge is -2.41. The predicted molar refractivity (Wildman–Crippen MR) is 96.2 cm³/mol. The van der Waals surface area contributed by atoms with Crippen molar-refractivity contribution in [2.75, 3.05) is 42.5 Å². The summed E-state index contributed by atoms with van der Waals surface area (Å²) in [5.41, 5.74) is 2.27. The number of nitrogens with zero attached hydrogens (tertiary/aromatic N) is 3. The van der Waals surface area contributed by atoms with Crippen LogP contribution in [-0.4, -0.2) is 50.1 Å². The van der Waals surface area contributed by atoms with E-state index in [4.69, 9.17) is 0 Å². The summed E-state index contributed by atoms with van der Waals surface area (Å²) in [6.45, 7) is 7.60. The molecule has 1 aromatic carbocycles. The third kappa shape index (κ3) is 3.86. The highest BCUT2D eigenvalue weighted by molar-refractivity contribution is 5.75. The molecule has 4 nitrogen and oxygen atoms in total. The average Bonchev–Trinajstić information content (AvgIpc) is 2.64. The first kappa shape index (κ1) is 16.3. The highest BCUT2D eigenvalue weighted by Gasteiger charge is 2.25. The van der Waals surface area contributed by atoms with Crippen molar-refractivity contribution in [3.05, 3.63) is 24.3 Å². The fraction of sp³-hybridized carbons (Fsp3) is 0.632. The highest BCUT2D eigenvalue weighted by Crippen LogP contribution is 2.26. The molecule has 0 aromatic heterocycles. The van der Waals surface area contributed by atoms with E-state index in [2.05, 4.69) is 34.1 Å². The highest BCUT2D eigenvalue weighted by atomic mass is 16.1. The van der Waals surface area contributed by atoms with E-state index in [0.29, 0.717) is 6.54 Å². The van der Waals surface area contributed by atoms with Gasteiger partial charge < -0.3 is 14.7 Å². The molecule has 2 fully saturated rings. The Morgan fingerprint density at radius 1 is 1.04 bits per heavy atom. The van der Waals surface area contributed by atoms with Gasteiger partial charge in [-0.2, -0.15) is 0 Å². The summed E-state index contributed by atoms with van der Waals surface area (Å²) in [6, 6.07) is 9.22.